The van der Waals surface area contributed by atoms with Gasteiger partial charge < -0.3 is 10.6 Å². The highest BCUT2D eigenvalue weighted by atomic mass is 32.2. The van der Waals surface area contributed by atoms with Gasteiger partial charge in [0.25, 0.3) is 0 Å². The third-order valence-corrected chi connectivity index (χ3v) is 4.76. The zero-order chi connectivity index (χ0) is 15.2. The first kappa shape index (κ1) is 15.1. The van der Waals surface area contributed by atoms with Crippen LogP contribution in [0.4, 0.5) is 0 Å². The second-order valence-electron chi connectivity index (χ2n) is 5.43. The van der Waals surface area contributed by atoms with Crippen LogP contribution < -0.4 is 10.6 Å². The molecule has 2 aromatic carbocycles. The van der Waals surface area contributed by atoms with Gasteiger partial charge in [0.05, 0.1) is 6.04 Å². The van der Waals surface area contributed by atoms with Gasteiger partial charge in [0.2, 0.25) is 5.91 Å². The number of hydrogen-bond donors (Lipinski definition) is 2. The Morgan fingerprint density at radius 1 is 1.09 bits per heavy atom. The van der Waals surface area contributed by atoms with Crippen LogP contribution in [0.2, 0.25) is 0 Å². The molecule has 0 bridgehead atoms. The van der Waals surface area contributed by atoms with Gasteiger partial charge in [-0.05, 0) is 49.2 Å². The average molecular weight is 312 g/mol. The minimum Gasteiger partial charge on any atom is -0.351 e. The molecule has 0 radical (unpaired) electrons. The standard InChI is InChI=1S/C18H20N2OS/c21-18(17-7-4-12-19-17)20-13-14-8-10-16(11-9-14)22-15-5-2-1-3-6-15/h1-3,5-6,8-11,17,19H,4,7,12-13H2,(H,20,21). The van der Waals surface area contributed by atoms with Crippen molar-refractivity contribution in [1.29, 1.82) is 0 Å². The first-order valence-corrected chi connectivity index (χ1v) is 8.46. The van der Waals surface area contributed by atoms with E-state index in [-0.39, 0.29) is 11.9 Å². The molecule has 1 atom stereocenters. The summed E-state index contributed by atoms with van der Waals surface area (Å²) in [6.07, 6.45) is 2.03. The van der Waals surface area contributed by atoms with Crippen LogP contribution in [0.15, 0.2) is 64.4 Å². The van der Waals surface area contributed by atoms with Crippen LogP contribution in [-0.4, -0.2) is 18.5 Å². The Hall–Kier alpha value is -1.78. The van der Waals surface area contributed by atoms with E-state index in [1.165, 1.54) is 9.79 Å². The molecule has 2 aromatic rings. The van der Waals surface area contributed by atoms with Crippen molar-refractivity contribution in [3.63, 3.8) is 0 Å². The molecule has 1 aliphatic heterocycles. The predicted octanol–water partition coefficient (Wildman–Crippen LogP) is 3.21. The summed E-state index contributed by atoms with van der Waals surface area (Å²) in [6.45, 7) is 1.54. The molecular weight excluding hydrogens is 292 g/mol. The van der Waals surface area contributed by atoms with Crippen LogP contribution in [0.25, 0.3) is 0 Å². The summed E-state index contributed by atoms with van der Waals surface area (Å²) in [7, 11) is 0. The molecule has 0 aromatic heterocycles. The highest BCUT2D eigenvalue weighted by Crippen LogP contribution is 2.27. The van der Waals surface area contributed by atoms with Crippen LogP contribution in [-0.2, 0) is 11.3 Å². The van der Waals surface area contributed by atoms with Crippen LogP contribution >= 0.6 is 11.8 Å². The van der Waals surface area contributed by atoms with Crippen LogP contribution in [0.1, 0.15) is 18.4 Å². The zero-order valence-electron chi connectivity index (χ0n) is 12.4. The number of nitrogens with one attached hydrogen (secondary N) is 2. The largest absolute Gasteiger partial charge is 0.351 e. The number of benzene rings is 2. The van der Waals surface area contributed by atoms with Crippen molar-refractivity contribution in [1.82, 2.24) is 10.6 Å². The maximum atomic E-state index is 11.9. The second-order valence-corrected chi connectivity index (χ2v) is 6.57. The van der Waals surface area contributed by atoms with Gasteiger partial charge >= 0.3 is 0 Å². The number of carbonyl (C=O) groups excluding carboxylic acids is 1. The molecule has 0 aliphatic carbocycles. The van der Waals surface area contributed by atoms with E-state index >= 15 is 0 Å². The molecule has 3 rings (SSSR count). The average Bonchev–Trinajstić information content (AvgIpc) is 3.09. The normalized spacial score (nSPS) is 17.4. The summed E-state index contributed by atoms with van der Waals surface area (Å²) >= 11 is 1.74. The lowest BCUT2D eigenvalue weighted by molar-refractivity contribution is -0.122. The fourth-order valence-electron chi connectivity index (χ4n) is 2.52. The first-order chi connectivity index (χ1) is 10.8. The summed E-state index contributed by atoms with van der Waals surface area (Å²) in [5, 5.41) is 6.22. The topological polar surface area (TPSA) is 41.1 Å². The Bertz CT molecular complexity index is 607. The van der Waals surface area contributed by atoms with E-state index in [4.69, 9.17) is 0 Å². The molecule has 1 saturated heterocycles. The van der Waals surface area contributed by atoms with E-state index in [1.807, 2.05) is 18.2 Å². The SMILES string of the molecule is O=C(NCc1ccc(Sc2ccccc2)cc1)C1CCCN1. The van der Waals surface area contributed by atoms with Gasteiger partial charge in [-0.1, -0.05) is 42.1 Å². The van der Waals surface area contributed by atoms with Crippen LogP contribution in [0.3, 0.4) is 0 Å². The van der Waals surface area contributed by atoms with E-state index in [1.54, 1.807) is 11.8 Å². The Morgan fingerprint density at radius 2 is 1.82 bits per heavy atom. The third-order valence-electron chi connectivity index (χ3n) is 3.75. The molecule has 1 fully saturated rings. The lowest BCUT2D eigenvalue weighted by Crippen LogP contribution is -2.39. The lowest BCUT2D eigenvalue weighted by Gasteiger charge is -2.11. The first-order valence-electron chi connectivity index (χ1n) is 7.64. The molecule has 114 valence electrons. The van der Waals surface area contributed by atoms with Crippen molar-refractivity contribution in [2.24, 2.45) is 0 Å². The highest BCUT2D eigenvalue weighted by Gasteiger charge is 2.21. The van der Waals surface area contributed by atoms with E-state index in [0.29, 0.717) is 6.54 Å². The molecular formula is C18H20N2OS. The molecule has 0 spiro atoms. The molecule has 1 amide bonds. The van der Waals surface area contributed by atoms with Crippen molar-refractivity contribution in [2.45, 2.75) is 35.2 Å². The van der Waals surface area contributed by atoms with Gasteiger partial charge in [0, 0.05) is 16.3 Å². The quantitative estimate of drug-likeness (QED) is 0.891. The van der Waals surface area contributed by atoms with Crippen molar-refractivity contribution < 1.29 is 4.79 Å². The van der Waals surface area contributed by atoms with E-state index < -0.39 is 0 Å². The molecule has 2 N–H and O–H groups in total. The fraction of sp³-hybridized carbons (Fsp3) is 0.278. The summed E-state index contributed by atoms with van der Waals surface area (Å²) in [4.78, 5) is 14.4. The van der Waals surface area contributed by atoms with Gasteiger partial charge in [-0.25, -0.2) is 0 Å². The van der Waals surface area contributed by atoms with Gasteiger partial charge in [-0.3, -0.25) is 4.79 Å². The molecule has 22 heavy (non-hydrogen) atoms. The number of amides is 1. The lowest BCUT2D eigenvalue weighted by atomic mass is 10.2. The monoisotopic (exact) mass is 312 g/mol. The maximum Gasteiger partial charge on any atom is 0.237 e. The summed E-state index contributed by atoms with van der Waals surface area (Å²) in [6, 6.07) is 18.7. The molecule has 4 heteroatoms. The summed E-state index contributed by atoms with van der Waals surface area (Å²) in [5.41, 5.74) is 1.13. The Labute approximate surface area is 135 Å². The van der Waals surface area contributed by atoms with Gasteiger partial charge in [-0.2, -0.15) is 0 Å². The smallest absolute Gasteiger partial charge is 0.237 e. The number of hydrogen-bond acceptors (Lipinski definition) is 3. The van der Waals surface area contributed by atoms with E-state index in [9.17, 15) is 4.79 Å². The van der Waals surface area contributed by atoms with Crippen LogP contribution in [0, 0.1) is 0 Å². The van der Waals surface area contributed by atoms with Crippen molar-refractivity contribution in [2.75, 3.05) is 6.54 Å². The molecule has 1 aliphatic rings. The fourth-order valence-corrected chi connectivity index (χ4v) is 3.36. The molecule has 3 nitrogen and oxygen atoms in total. The minimum absolute atomic E-state index is 0.00657. The van der Waals surface area contributed by atoms with Gasteiger partial charge in [0.1, 0.15) is 0 Å². The Morgan fingerprint density at radius 3 is 2.50 bits per heavy atom. The molecule has 1 heterocycles. The zero-order valence-corrected chi connectivity index (χ0v) is 13.2. The van der Waals surface area contributed by atoms with E-state index in [0.717, 1.165) is 24.9 Å². The van der Waals surface area contributed by atoms with Gasteiger partial charge in [0.15, 0.2) is 0 Å². The van der Waals surface area contributed by atoms with Crippen molar-refractivity contribution >= 4 is 17.7 Å². The Balaban J connectivity index is 1.52. The summed E-state index contributed by atoms with van der Waals surface area (Å²) in [5.74, 6) is 0.111. The van der Waals surface area contributed by atoms with Gasteiger partial charge in [-0.15, -0.1) is 0 Å². The van der Waals surface area contributed by atoms with Crippen molar-refractivity contribution in [3.8, 4) is 0 Å². The Kier molecular flexibility index (Phi) is 5.14. The minimum atomic E-state index is -0.00657. The molecule has 1 unspecified atom stereocenters. The number of rotatable bonds is 5. The third kappa shape index (κ3) is 4.12. The van der Waals surface area contributed by atoms with Crippen molar-refractivity contribution in [3.05, 3.63) is 60.2 Å². The second kappa shape index (κ2) is 7.47. The van der Waals surface area contributed by atoms with E-state index in [2.05, 4.69) is 47.0 Å². The van der Waals surface area contributed by atoms with Crippen LogP contribution in [0.5, 0.6) is 0 Å². The highest BCUT2D eigenvalue weighted by molar-refractivity contribution is 7.99. The predicted molar refractivity (Wildman–Crippen MR) is 89.9 cm³/mol. The molecule has 0 saturated carbocycles. The number of carbonyl (C=O) groups is 1. The maximum absolute atomic E-state index is 11.9. The summed E-state index contributed by atoms with van der Waals surface area (Å²) < 4.78 is 0.